The monoisotopic (exact) mass is 723 g/mol. The number of hydrogen-bond donors (Lipinski definition) is 0. The van der Waals surface area contributed by atoms with Gasteiger partial charge in [0.05, 0.1) is 16.9 Å². The molecule has 0 aliphatic carbocycles. The zero-order chi connectivity index (χ0) is 27.5. The van der Waals surface area contributed by atoms with E-state index in [0.717, 1.165) is 50.2 Å². The molecule has 0 N–H and O–H groups in total. The van der Waals surface area contributed by atoms with Crippen LogP contribution in [0.4, 0.5) is 5.69 Å². The summed E-state index contributed by atoms with van der Waals surface area (Å²) in [5, 5.41) is 2.33. The molecule has 2 aromatic heterocycles. The molecule has 1 aliphatic rings. The second-order valence-electron chi connectivity index (χ2n) is 10.5. The van der Waals surface area contributed by atoms with Crippen molar-refractivity contribution in [1.29, 1.82) is 0 Å². The summed E-state index contributed by atoms with van der Waals surface area (Å²) in [6.45, 7) is 2.05. The van der Waals surface area contributed by atoms with Crippen LogP contribution in [-0.2, 0) is 28.1 Å². The number of anilines is 1. The van der Waals surface area contributed by atoms with Crippen LogP contribution < -0.4 is 4.90 Å². The molecule has 0 atom stereocenters. The van der Waals surface area contributed by atoms with Gasteiger partial charge in [0.15, 0.2) is 0 Å². The molecule has 0 saturated heterocycles. The maximum Gasteiger partial charge on any atom is 0.0770 e. The third kappa shape index (κ3) is 4.24. The molecule has 1 aliphatic heterocycles. The Morgan fingerprint density at radius 1 is 0.667 bits per heavy atom. The van der Waals surface area contributed by atoms with Gasteiger partial charge in [-0.15, -0.1) is 47.6 Å². The van der Waals surface area contributed by atoms with E-state index in [-0.39, 0.29) is 21.1 Å². The molecule has 0 saturated carbocycles. The third-order valence-electron chi connectivity index (χ3n) is 7.86. The van der Waals surface area contributed by atoms with Crippen LogP contribution in [0.25, 0.3) is 61.0 Å². The van der Waals surface area contributed by atoms with E-state index in [2.05, 4.69) is 130 Å². The predicted molar refractivity (Wildman–Crippen MR) is 167 cm³/mol. The Bertz CT molecular complexity index is 2120. The molecule has 42 heavy (non-hydrogen) atoms. The van der Waals surface area contributed by atoms with E-state index >= 15 is 0 Å². The summed E-state index contributed by atoms with van der Waals surface area (Å²) in [7, 11) is 4.09. The number of aryl methyl sites for hydroxylation is 1. The first-order valence-corrected chi connectivity index (χ1v) is 13.7. The zero-order valence-corrected chi connectivity index (χ0v) is 25.4. The topological polar surface area (TPSA) is 29.2 Å². The van der Waals surface area contributed by atoms with Crippen LogP contribution in [0, 0.1) is 18.8 Å². The number of hydrogen-bond acceptors (Lipinski definition) is 3. The number of fused-ring (bicyclic) bond motifs is 4. The van der Waals surface area contributed by atoms with Crippen LogP contribution in [0.2, 0.25) is 0 Å². The molecule has 0 bridgehead atoms. The van der Waals surface area contributed by atoms with Crippen molar-refractivity contribution in [2.24, 2.45) is 7.05 Å². The molecule has 8 rings (SSSR count). The molecule has 0 fully saturated rings. The molecule has 208 valence electrons. The molecule has 3 heterocycles. The van der Waals surface area contributed by atoms with Crippen molar-refractivity contribution >= 4 is 38.5 Å². The van der Waals surface area contributed by atoms with Gasteiger partial charge in [-0.3, -0.25) is 4.98 Å². The van der Waals surface area contributed by atoms with Crippen molar-refractivity contribution in [3.05, 3.63) is 134 Å². The van der Waals surface area contributed by atoms with Gasteiger partial charge >= 0.3 is 0 Å². The van der Waals surface area contributed by atoms with Gasteiger partial charge in [0.25, 0.3) is 0 Å². The normalized spacial score (nSPS) is 13.0. The first kappa shape index (κ1) is 26.3. The molecule has 5 aromatic carbocycles. The average Bonchev–Trinajstić information content (AvgIpc) is 3.70. The van der Waals surface area contributed by atoms with E-state index in [1.807, 2.05) is 37.1 Å². The first-order valence-electron chi connectivity index (χ1n) is 13.7. The van der Waals surface area contributed by atoms with E-state index < -0.39 is 0 Å². The Kier molecular flexibility index (Phi) is 6.48. The maximum absolute atomic E-state index is 4.96. The molecule has 7 aromatic rings. The van der Waals surface area contributed by atoms with E-state index in [9.17, 15) is 0 Å². The molecule has 5 nitrogen and oxygen atoms in total. The molecule has 6 heteroatoms. The van der Waals surface area contributed by atoms with E-state index in [1.54, 1.807) is 0 Å². The van der Waals surface area contributed by atoms with Gasteiger partial charge in [0.1, 0.15) is 0 Å². The predicted octanol–water partition coefficient (Wildman–Crippen LogP) is 7.94. The van der Waals surface area contributed by atoms with Gasteiger partial charge in [-0.05, 0) is 59.7 Å². The van der Waals surface area contributed by atoms with Gasteiger partial charge in [0.2, 0.25) is 0 Å². The fourth-order valence-corrected chi connectivity index (χ4v) is 5.84. The SMILES string of the molecule is CN1C=CN(c2[c-]c(-n3c4[c-]c(-c5nc6ccccc6n5C)ccc4c4cc(-c5ccccc5)ccc43)ccc2)[CH-]1.[Pt]. The van der Waals surface area contributed by atoms with Gasteiger partial charge in [-0.2, -0.15) is 12.7 Å². The summed E-state index contributed by atoms with van der Waals surface area (Å²) in [5.41, 5.74) is 9.48. The summed E-state index contributed by atoms with van der Waals surface area (Å²) in [6, 6.07) is 43.6. The Morgan fingerprint density at radius 3 is 2.29 bits per heavy atom. The van der Waals surface area contributed by atoms with Crippen molar-refractivity contribution in [1.82, 2.24) is 19.0 Å². The number of benzene rings is 5. The van der Waals surface area contributed by atoms with Crippen LogP contribution in [0.15, 0.2) is 116 Å². The fourth-order valence-electron chi connectivity index (χ4n) is 5.84. The smallest absolute Gasteiger partial charge is 0.0770 e. The van der Waals surface area contributed by atoms with Crippen molar-refractivity contribution in [2.75, 3.05) is 11.9 Å². The average molecular weight is 724 g/mol. The molecular formula is C36H26N5Pt-3. The van der Waals surface area contributed by atoms with Crippen molar-refractivity contribution in [2.45, 2.75) is 0 Å². The van der Waals surface area contributed by atoms with Crippen LogP contribution >= 0.6 is 0 Å². The molecule has 0 unspecified atom stereocenters. The standard InChI is InChI=1S/C36H26N5.Pt/c1-38-19-20-40(24-38)28-11-8-12-29(23-28)41-33-18-16-26(25-9-4-3-5-10-25)21-31(33)30-17-15-27(22-35(30)41)36-37-32-13-6-7-14-34(32)39(36)2;/h3-21,24H,1-2H3;/q-3;. The van der Waals surface area contributed by atoms with E-state index in [0.29, 0.717) is 0 Å². The minimum absolute atomic E-state index is 0. The Morgan fingerprint density at radius 2 is 1.48 bits per heavy atom. The third-order valence-corrected chi connectivity index (χ3v) is 7.86. The zero-order valence-electron chi connectivity index (χ0n) is 23.1. The van der Waals surface area contributed by atoms with Crippen LogP contribution in [0.3, 0.4) is 0 Å². The number of rotatable bonds is 4. The quantitative estimate of drug-likeness (QED) is 0.173. The summed E-state index contributed by atoms with van der Waals surface area (Å²) >= 11 is 0. The van der Waals surface area contributed by atoms with E-state index in [4.69, 9.17) is 4.98 Å². The second kappa shape index (κ2) is 10.3. The Labute approximate surface area is 259 Å². The number of imidazole rings is 1. The second-order valence-corrected chi connectivity index (χ2v) is 10.5. The number of aromatic nitrogens is 3. The summed E-state index contributed by atoms with van der Waals surface area (Å²) in [6.07, 6.45) is 4.08. The minimum Gasteiger partial charge on any atom is -0.510 e. The molecule has 0 spiro atoms. The largest absolute Gasteiger partial charge is 0.510 e. The summed E-state index contributed by atoms with van der Waals surface area (Å²) in [4.78, 5) is 9.08. The van der Waals surface area contributed by atoms with E-state index in [1.165, 1.54) is 16.5 Å². The van der Waals surface area contributed by atoms with Crippen molar-refractivity contribution < 1.29 is 21.1 Å². The Hall–Kier alpha value is -4.60. The number of para-hydroxylation sites is 2. The van der Waals surface area contributed by atoms with Crippen LogP contribution in [-0.4, -0.2) is 26.1 Å². The summed E-state index contributed by atoms with van der Waals surface area (Å²) in [5.74, 6) is 0.896. The molecular weight excluding hydrogens is 698 g/mol. The fraction of sp³-hybridized carbons (Fsp3) is 0.0556. The van der Waals surface area contributed by atoms with Gasteiger partial charge < -0.3 is 18.9 Å². The van der Waals surface area contributed by atoms with Gasteiger partial charge in [-0.25, -0.2) is 0 Å². The van der Waals surface area contributed by atoms with Crippen LogP contribution in [0.1, 0.15) is 0 Å². The first-order chi connectivity index (χ1) is 20.1. The van der Waals surface area contributed by atoms with Gasteiger partial charge in [-0.1, -0.05) is 65.7 Å². The Balaban J connectivity index is 0.00000288. The molecule has 0 amide bonds. The van der Waals surface area contributed by atoms with Gasteiger partial charge in [0, 0.05) is 33.6 Å². The molecule has 0 radical (unpaired) electrons. The summed E-state index contributed by atoms with van der Waals surface area (Å²) < 4.78 is 4.42. The number of nitrogens with zero attached hydrogens (tertiary/aromatic N) is 5. The maximum atomic E-state index is 4.96. The van der Waals surface area contributed by atoms with Crippen molar-refractivity contribution in [3.8, 4) is 28.2 Å². The van der Waals surface area contributed by atoms with Crippen LogP contribution in [0.5, 0.6) is 0 Å². The minimum atomic E-state index is 0. The van der Waals surface area contributed by atoms with Crippen molar-refractivity contribution in [3.63, 3.8) is 0 Å².